The van der Waals surface area contributed by atoms with Gasteiger partial charge in [-0.05, 0) is 31.5 Å². The predicted molar refractivity (Wildman–Crippen MR) is 68.9 cm³/mol. The van der Waals surface area contributed by atoms with Gasteiger partial charge in [-0.2, -0.15) is 0 Å². The average molecular weight is 236 g/mol. The van der Waals surface area contributed by atoms with Crippen molar-refractivity contribution in [3.05, 3.63) is 29.8 Å². The summed E-state index contributed by atoms with van der Waals surface area (Å²) in [6.45, 7) is 4.05. The maximum Gasteiger partial charge on any atom is 0.253 e. The molecule has 0 unspecified atom stereocenters. The van der Waals surface area contributed by atoms with Crippen molar-refractivity contribution < 1.29 is 9.53 Å². The Balaban J connectivity index is 2.46. The number of carbonyl (C=O) groups excluding carboxylic acids is 1. The molecule has 1 aromatic carbocycles. The number of carbonyl (C=O) groups is 1. The van der Waals surface area contributed by atoms with E-state index in [9.17, 15) is 4.79 Å². The Bertz CT molecular complexity index is 366. The fourth-order valence-corrected chi connectivity index (χ4v) is 1.54. The molecule has 2 N–H and O–H groups in total. The second-order valence-corrected chi connectivity index (χ2v) is 3.90. The standard InChI is InChI=1S/C13H20N2O2/c1-3-17-9-5-8-15(2)13(16)11-6-4-7-12(14)10-11/h4,6-7,10H,3,5,8-9,14H2,1-2H3. The SMILES string of the molecule is CCOCCCN(C)C(=O)c1cccc(N)c1. The Labute approximate surface area is 102 Å². The Morgan fingerprint density at radius 2 is 2.24 bits per heavy atom. The van der Waals surface area contributed by atoms with Gasteiger partial charge in [-0.3, -0.25) is 4.79 Å². The van der Waals surface area contributed by atoms with E-state index in [1.807, 2.05) is 6.92 Å². The zero-order valence-electron chi connectivity index (χ0n) is 10.5. The van der Waals surface area contributed by atoms with Gasteiger partial charge in [-0.1, -0.05) is 6.07 Å². The number of nitrogen functional groups attached to an aromatic ring is 1. The van der Waals surface area contributed by atoms with Crippen molar-refractivity contribution in [1.82, 2.24) is 4.90 Å². The number of nitrogens with zero attached hydrogens (tertiary/aromatic N) is 1. The van der Waals surface area contributed by atoms with E-state index in [0.717, 1.165) is 6.42 Å². The first-order valence-electron chi connectivity index (χ1n) is 5.84. The maximum atomic E-state index is 12.0. The summed E-state index contributed by atoms with van der Waals surface area (Å²) in [5.41, 5.74) is 6.88. The summed E-state index contributed by atoms with van der Waals surface area (Å²) >= 11 is 0. The largest absolute Gasteiger partial charge is 0.399 e. The highest BCUT2D eigenvalue weighted by molar-refractivity contribution is 5.94. The lowest BCUT2D eigenvalue weighted by Gasteiger charge is -2.17. The van der Waals surface area contributed by atoms with Gasteiger partial charge in [-0.25, -0.2) is 0 Å². The van der Waals surface area contributed by atoms with Gasteiger partial charge in [0, 0.05) is 38.1 Å². The molecular formula is C13H20N2O2. The average Bonchev–Trinajstić information content (AvgIpc) is 2.33. The maximum absolute atomic E-state index is 12.0. The number of hydrogen-bond acceptors (Lipinski definition) is 3. The second-order valence-electron chi connectivity index (χ2n) is 3.90. The van der Waals surface area contributed by atoms with E-state index in [1.165, 1.54) is 0 Å². The van der Waals surface area contributed by atoms with Crippen LogP contribution >= 0.6 is 0 Å². The monoisotopic (exact) mass is 236 g/mol. The molecule has 0 saturated heterocycles. The summed E-state index contributed by atoms with van der Waals surface area (Å²) < 4.78 is 5.23. The quantitative estimate of drug-likeness (QED) is 0.605. The van der Waals surface area contributed by atoms with Crippen molar-refractivity contribution in [3.8, 4) is 0 Å². The number of ether oxygens (including phenoxy) is 1. The third-order valence-corrected chi connectivity index (χ3v) is 2.47. The molecule has 4 nitrogen and oxygen atoms in total. The zero-order chi connectivity index (χ0) is 12.7. The first kappa shape index (κ1) is 13.5. The minimum absolute atomic E-state index is 0.00574. The van der Waals surface area contributed by atoms with E-state index in [4.69, 9.17) is 10.5 Å². The molecule has 94 valence electrons. The van der Waals surface area contributed by atoms with Crippen LogP contribution in [0.1, 0.15) is 23.7 Å². The summed E-state index contributed by atoms with van der Waals surface area (Å²) in [5.74, 6) is -0.00574. The van der Waals surface area contributed by atoms with Gasteiger partial charge < -0.3 is 15.4 Å². The highest BCUT2D eigenvalue weighted by Gasteiger charge is 2.10. The van der Waals surface area contributed by atoms with Gasteiger partial charge in [-0.15, -0.1) is 0 Å². The lowest BCUT2D eigenvalue weighted by atomic mass is 10.2. The summed E-state index contributed by atoms with van der Waals surface area (Å²) in [6.07, 6.45) is 0.846. The van der Waals surface area contributed by atoms with Crippen molar-refractivity contribution in [2.45, 2.75) is 13.3 Å². The van der Waals surface area contributed by atoms with Crippen molar-refractivity contribution in [1.29, 1.82) is 0 Å². The number of rotatable bonds is 6. The van der Waals surface area contributed by atoms with Crippen molar-refractivity contribution >= 4 is 11.6 Å². The van der Waals surface area contributed by atoms with Gasteiger partial charge >= 0.3 is 0 Å². The Hall–Kier alpha value is -1.55. The molecule has 1 aromatic rings. The van der Waals surface area contributed by atoms with Crippen molar-refractivity contribution in [2.24, 2.45) is 0 Å². The summed E-state index contributed by atoms with van der Waals surface area (Å²) in [4.78, 5) is 13.7. The van der Waals surface area contributed by atoms with E-state index in [1.54, 1.807) is 36.2 Å². The minimum Gasteiger partial charge on any atom is -0.399 e. The van der Waals surface area contributed by atoms with Crippen LogP contribution < -0.4 is 5.73 Å². The number of nitrogens with two attached hydrogens (primary N) is 1. The predicted octanol–water partition coefficient (Wildman–Crippen LogP) is 1.77. The number of benzene rings is 1. The molecular weight excluding hydrogens is 216 g/mol. The third kappa shape index (κ3) is 4.44. The van der Waals surface area contributed by atoms with Crippen LogP contribution in [0.2, 0.25) is 0 Å². The van der Waals surface area contributed by atoms with Gasteiger partial charge in [0.2, 0.25) is 0 Å². The number of amides is 1. The smallest absolute Gasteiger partial charge is 0.253 e. The molecule has 0 atom stereocenters. The zero-order valence-corrected chi connectivity index (χ0v) is 10.5. The topological polar surface area (TPSA) is 55.6 Å². The molecule has 0 aliphatic carbocycles. The van der Waals surface area contributed by atoms with Crippen LogP contribution in [0.5, 0.6) is 0 Å². The first-order chi connectivity index (χ1) is 8.15. The van der Waals surface area contributed by atoms with Gasteiger partial charge in [0.05, 0.1) is 0 Å². The van der Waals surface area contributed by atoms with E-state index in [0.29, 0.717) is 31.0 Å². The lowest BCUT2D eigenvalue weighted by molar-refractivity contribution is 0.0769. The van der Waals surface area contributed by atoms with E-state index in [2.05, 4.69) is 0 Å². The molecule has 0 fully saturated rings. The number of hydrogen-bond donors (Lipinski definition) is 1. The van der Waals surface area contributed by atoms with E-state index >= 15 is 0 Å². The van der Waals surface area contributed by atoms with Crippen LogP contribution in [-0.2, 0) is 4.74 Å². The molecule has 1 amide bonds. The molecule has 0 spiro atoms. The molecule has 4 heteroatoms. The Morgan fingerprint density at radius 1 is 1.47 bits per heavy atom. The van der Waals surface area contributed by atoms with E-state index < -0.39 is 0 Å². The van der Waals surface area contributed by atoms with Gasteiger partial charge in [0.25, 0.3) is 5.91 Å². The molecule has 0 radical (unpaired) electrons. The molecule has 0 bridgehead atoms. The third-order valence-electron chi connectivity index (χ3n) is 2.47. The minimum atomic E-state index is -0.00574. The molecule has 0 heterocycles. The Morgan fingerprint density at radius 3 is 2.88 bits per heavy atom. The van der Waals surface area contributed by atoms with Crippen LogP contribution in [0.25, 0.3) is 0 Å². The summed E-state index contributed by atoms with van der Waals surface area (Å²) in [7, 11) is 1.79. The first-order valence-corrected chi connectivity index (χ1v) is 5.84. The van der Waals surface area contributed by atoms with Crippen molar-refractivity contribution in [3.63, 3.8) is 0 Å². The highest BCUT2D eigenvalue weighted by atomic mass is 16.5. The highest BCUT2D eigenvalue weighted by Crippen LogP contribution is 2.09. The fourth-order valence-electron chi connectivity index (χ4n) is 1.54. The fraction of sp³-hybridized carbons (Fsp3) is 0.462. The normalized spacial score (nSPS) is 10.2. The van der Waals surface area contributed by atoms with Crippen LogP contribution in [0.15, 0.2) is 24.3 Å². The van der Waals surface area contributed by atoms with Crippen LogP contribution in [0.4, 0.5) is 5.69 Å². The summed E-state index contributed by atoms with van der Waals surface area (Å²) in [5, 5.41) is 0. The molecule has 0 aliphatic heterocycles. The number of anilines is 1. The van der Waals surface area contributed by atoms with Gasteiger partial charge in [0.1, 0.15) is 0 Å². The molecule has 0 aromatic heterocycles. The van der Waals surface area contributed by atoms with E-state index in [-0.39, 0.29) is 5.91 Å². The Kier molecular flexibility index (Phi) is 5.49. The lowest BCUT2D eigenvalue weighted by Crippen LogP contribution is -2.28. The van der Waals surface area contributed by atoms with Crippen molar-refractivity contribution in [2.75, 3.05) is 32.5 Å². The molecule has 0 aliphatic rings. The van der Waals surface area contributed by atoms with Crippen LogP contribution in [0, 0.1) is 0 Å². The molecule has 1 rings (SSSR count). The molecule has 17 heavy (non-hydrogen) atoms. The van der Waals surface area contributed by atoms with Gasteiger partial charge in [0.15, 0.2) is 0 Å². The van der Waals surface area contributed by atoms with Crippen LogP contribution in [0.3, 0.4) is 0 Å². The molecule has 0 saturated carbocycles. The summed E-state index contributed by atoms with van der Waals surface area (Å²) in [6, 6.07) is 7.03. The van der Waals surface area contributed by atoms with Crippen LogP contribution in [-0.4, -0.2) is 37.6 Å². The second kappa shape index (κ2) is 6.91.